The fourth-order valence-electron chi connectivity index (χ4n) is 2.04. The maximum Gasteiger partial charge on any atom is 0.241 e. The number of β-amino-alcohol motifs (C(OH)–C–C–N with tert-alkyl or cyclic N) is 1. The van der Waals surface area contributed by atoms with Crippen molar-refractivity contribution >= 4 is 11.6 Å². The average molecular weight is 250 g/mol. The number of hydrogen-bond acceptors (Lipinski definition) is 4. The number of aryl methyl sites for hydroxylation is 1. The van der Waals surface area contributed by atoms with Crippen molar-refractivity contribution in [2.45, 2.75) is 31.9 Å². The fourth-order valence-corrected chi connectivity index (χ4v) is 2.04. The number of anilines is 1. The predicted molar refractivity (Wildman–Crippen MR) is 68.5 cm³/mol. The molecule has 98 valence electrons. The van der Waals surface area contributed by atoms with Crippen LogP contribution in [0.15, 0.2) is 18.2 Å². The molecule has 0 radical (unpaired) electrons. The van der Waals surface area contributed by atoms with Gasteiger partial charge in [0.1, 0.15) is 5.75 Å². The third-order valence-corrected chi connectivity index (χ3v) is 3.15. The molecule has 1 aromatic carbocycles. The third kappa shape index (κ3) is 2.80. The van der Waals surface area contributed by atoms with Crippen molar-refractivity contribution < 1.29 is 15.0 Å². The Labute approximate surface area is 106 Å². The number of phenols is 1. The number of phenolic OH excluding ortho intramolecular Hbond substituents is 1. The minimum Gasteiger partial charge on any atom is -0.506 e. The molecular formula is C13H18N2O3. The molecule has 2 rings (SSSR count). The second kappa shape index (κ2) is 5.37. The SMILES string of the molecule is CCc1ccc(O)c(NC(=O)C2CC(O)CN2)c1. The van der Waals surface area contributed by atoms with Gasteiger partial charge in [0.15, 0.2) is 0 Å². The minimum absolute atomic E-state index is 0.0547. The van der Waals surface area contributed by atoms with Crippen molar-refractivity contribution in [1.82, 2.24) is 5.32 Å². The first kappa shape index (κ1) is 12.9. The Morgan fingerprint density at radius 2 is 2.33 bits per heavy atom. The fraction of sp³-hybridized carbons (Fsp3) is 0.462. The van der Waals surface area contributed by atoms with Crippen LogP contribution in [0.2, 0.25) is 0 Å². The van der Waals surface area contributed by atoms with E-state index in [0.29, 0.717) is 18.7 Å². The second-order valence-electron chi connectivity index (χ2n) is 4.54. The van der Waals surface area contributed by atoms with Gasteiger partial charge in [-0.05, 0) is 30.5 Å². The molecule has 1 aromatic rings. The number of rotatable bonds is 3. The van der Waals surface area contributed by atoms with Crippen molar-refractivity contribution in [2.75, 3.05) is 11.9 Å². The number of amides is 1. The predicted octanol–water partition coefficient (Wildman–Crippen LogP) is 0.616. The minimum atomic E-state index is -0.476. The molecule has 1 fully saturated rings. The van der Waals surface area contributed by atoms with Crippen molar-refractivity contribution in [2.24, 2.45) is 0 Å². The Balaban J connectivity index is 2.06. The molecule has 0 spiro atoms. The Kier molecular flexibility index (Phi) is 3.84. The zero-order valence-electron chi connectivity index (χ0n) is 10.3. The summed E-state index contributed by atoms with van der Waals surface area (Å²) in [5, 5.41) is 24.7. The molecule has 1 aliphatic rings. The van der Waals surface area contributed by atoms with Crippen LogP contribution in [0.3, 0.4) is 0 Å². The van der Waals surface area contributed by atoms with Crippen molar-refractivity contribution in [1.29, 1.82) is 0 Å². The van der Waals surface area contributed by atoms with Gasteiger partial charge < -0.3 is 20.8 Å². The summed E-state index contributed by atoms with van der Waals surface area (Å²) in [5.74, 6) is -0.172. The molecule has 2 unspecified atom stereocenters. The highest BCUT2D eigenvalue weighted by Gasteiger charge is 2.28. The van der Waals surface area contributed by atoms with E-state index in [9.17, 15) is 15.0 Å². The highest BCUT2D eigenvalue weighted by molar-refractivity contribution is 5.96. The highest BCUT2D eigenvalue weighted by Crippen LogP contribution is 2.25. The maximum atomic E-state index is 11.9. The number of hydrogen-bond donors (Lipinski definition) is 4. The first-order valence-corrected chi connectivity index (χ1v) is 6.14. The van der Waals surface area contributed by atoms with Gasteiger partial charge in [-0.3, -0.25) is 4.79 Å². The van der Waals surface area contributed by atoms with Crippen LogP contribution in [-0.2, 0) is 11.2 Å². The van der Waals surface area contributed by atoms with Crippen molar-refractivity contribution in [3.63, 3.8) is 0 Å². The van der Waals surface area contributed by atoms with Crippen LogP contribution < -0.4 is 10.6 Å². The molecule has 1 saturated heterocycles. The molecular weight excluding hydrogens is 232 g/mol. The zero-order chi connectivity index (χ0) is 13.1. The van der Waals surface area contributed by atoms with Crippen LogP contribution in [0.25, 0.3) is 0 Å². The van der Waals surface area contributed by atoms with Crippen LogP contribution in [0.4, 0.5) is 5.69 Å². The van der Waals surface area contributed by atoms with E-state index >= 15 is 0 Å². The van der Waals surface area contributed by atoms with Gasteiger partial charge in [0.25, 0.3) is 0 Å². The van der Waals surface area contributed by atoms with Gasteiger partial charge in [-0.1, -0.05) is 13.0 Å². The molecule has 18 heavy (non-hydrogen) atoms. The van der Waals surface area contributed by atoms with E-state index in [1.807, 2.05) is 13.0 Å². The van der Waals surface area contributed by atoms with Gasteiger partial charge >= 0.3 is 0 Å². The Morgan fingerprint density at radius 3 is 2.94 bits per heavy atom. The van der Waals surface area contributed by atoms with E-state index in [1.165, 1.54) is 0 Å². The Bertz CT molecular complexity index is 448. The lowest BCUT2D eigenvalue weighted by atomic mass is 10.1. The molecule has 1 amide bonds. The maximum absolute atomic E-state index is 11.9. The lowest BCUT2D eigenvalue weighted by Crippen LogP contribution is -2.35. The summed E-state index contributed by atoms with van der Waals surface area (Å²) in [6.45, 7) is 2.44. The molecule has 2 atom stereocenters. The van der Waals surface area contributed by atoms with Gasteiger partial charge in [-0.2, -0.15) is 0 Å². The van der Waals surface area contributed by atoms with Gasteiger partial charge in [0.05, 0.1) is 17.8 Å². The highest BCUT2D eigenvalue weighted by atomic mass is 16.3. The van der Waals surface area contributed by atoms with Gasteiger partial charge in [-0.25, -0.2) is 0 Å². The second-order valence-corrected chi connectivity index (χ2v) is 4.54. The van der Waals surface area contributed by atoms with Crippen LogP contribution in [-0.4, -0.2) is 34.8 Å². The summed E-state index contributed by atoms with van der Waals surface area (Å²) in [7, 11) is 0. The number of carbonyl (C=O) groups excluding carboxylic acids is 1. The molecule has 0 bridgehead atoms. The number of benzene rings is 1. The average Bonchev–Trinajstić information content (AvgIpc) is 2.79. The molecule has 0 aliphatic carbocycles. The van der Waals surface area contributed by atoms with Gasteiger partial charge in [0.2, 0.25) is 5.91 Å². The van der Waals surface area contributed by atoms with Crippen molar-refractivity contribution in [3.05, 3.63) is 23.8 Å². The first-order chi connectivity index (χ1) is 8.60. The normalized spacial score (nSPS) is 23.0. The number of nitrogens with one attached hydrogen (secondary N) is 2. The standard InChI is InChI=1S/C13H18N2O3/c1-2-8-3-4-12(17)10(5-8)15-13(18)11-6-9(16)7-14-11/h3-5,9,11,14,16-17H,2,6-7H2,1H3,(H,15,18). The molecule has 4 N–H and O–H groups in total. The summed E-state index contributed by atoms with van der Waals surface area (Å²) in [4.78, 5) is 11.9. The molecule has 1 aliphatic heterocycles. The lowest BCUT2D eigenvalue weighted by molar-refractivity contribution is -0.117. The van der Waals surface area contributed by atoms with E-state index in [2.05, 4.69) is 10.6 Å². The number of carbonyl (C=O) groups is 1. The van der Waals surface area contributed by atoms with E-state index in [0.717, 1.165) is 12.0 Å². The number of aliphatic hydroxyl groups excluding tert-OH is 1. The largest absolute Gasteiger partial charge is 0.506 e. The molecule has 0 aromatic heterocycles. The van der Waals surface area contributed by atoms with Crippen LogP contribution in [0, 0.1) is 0 Å². The molecule has 1 heterocycles. The van der Waals surface area contributed by atoms with Gasteiger partial charge in [0, 0.05) is 6.54 Å². The smallest absolute Gasteiger partial charge is 0.241 e. The van der Waals surface area contributed by atoms with E-state index in [1.54, 1.807) is 12.1 Å². The van der Waals surface area contributed by atoms with E-state index < -0.39 is 12.1 Å². The lowest BCUT2D eigenvalue weighted by Gasteiger charge is -2.13. The summed E-state index contributed by atoms with van der Waals surface area (Å²) in [5.41, 5.74) is 1.46. The summed E-state index contributed by atoms with van der Waals surface area (Å²) in [6.07, 6.45) is 0.764. The van der Waals surface area contributed by atoms with E-state index in [-0.39, 0.29) is 11.7 Å². The number of aromatic hydroxyl groups is 1. The summed E-state index contributed by atoms with van der Waals surface area (Å²) < 4.78 is 0. The monoisotopic (exact) mass is 250 g/mol. The van der Waals surface area contributed by atoms with Crippen molar-refractivity contribution in [3.8, 4) is 5.75 Å². The molecule has 5 heteroatoms. The number of aliphatic hydroxyl groups is 1. The molecule has 0 saturated carbocycles. The first-order valence-electron chi connectivity index (χ1n) is 6.14. The topological polar surface area (TPSA) is 81.6 Å². The quantitative estimate of drug-likeness (QED) is 0.593. The third-order valence-electron chi connectivity index (χ3n) is 3.15. The molecule has 5 nitrogen and oxygen atoms in total. The summed E-state index contributed by atoms with van der Waals surface area (Å²) >= 11 is 0. The van der Waals surface area contributed by atoms with E-state index in [4.69, 9.17) is 0 Å². The van der Waals surface area contributed by atoms with Gasteiger partial charge in [-0.15, -0.1) is 0 Å². The van der Waals surface area contributed by atoms with Crippen LogP contribution in [0.5, 0.6) is 5.75 Å². The Morgan fingerprint density at radius 1 is 1.56 bits per heavy atom. The van der Waals surface area contributed by atoms with Crippen LogP contribution in [0.1, 0.15) is 18.9 Å². The summed E-state index contributed by atoms with van der Waals surface area (Å²) in [6, 6.07) is 4.76. The Hall–Kier alpha value is -1.59. The zero-order valence-corrected chi connectivity index (χ0v) is 10.3. The van der Waals surface area contributed by atoms with Crippen LogP contribution >= 0.6 is 0 Å².